The molecule has 0 saturated heterocycles. The van der Waals surface area contributed by atoms with Gasteiger partial charge in [0.15, 0.2) is 0 Å². The first kappa shape index (κ1) is 13.1. The first-order chi connectivity index (χ1) is 10.3. The number of nitrogens with zero attached hydrogens (tertiary/aromatic N) is 1. The highest BCUT2D eigenvalue weighted by molar-refractivity contribution is 5.94. The SMILES string of the molecule is Cc1ccccc1/C=C(\C#N)c1ccc2ccccc2c1. The molecule has 0 aliphatic carbocycles. The summed E-state index contributed by atoms with van der Waals surface area (Å²) in [6.45, 7) is 2.06. The van der Waals surface area contributed by atoms with Gasteiger partial charge in [0, 0.05) is 0 Å². The zero-order valence-corrected chi connectivity index (χ0v) is 11.9. The van der Waals surface area contributed by atoms with Crippen LogP contribution in [-0.2, 0) is 0 Å². The molecule has 0 N–H and O–H groups in total. The molecule has 3 aromatic carbocycles. The van der Waals surface area contributed by atoms with Gasteiger partial charge < -0.3 is 0 Å². The summed E-state index contributed by atoms with van der Waals surface area (Å²) in [4.78, 5) is 0. The van der Waals surface area contributed by atoms with Crippen molar-refractivity contribution < 1.29 is 0 Å². The zero-order valence-electron chi connectivity index (χ0n) is 11.9. The van der Waals surface area contributed by atoms with Gasteiger partial charge >= 0.3 is 0 Å². The minimum Gasteiger partial charge on any atom is -0.192 e. The average molecular weight is 269 g/mol. The summed E-state index contributed by atoms with van der Waals surface area (Å²) < 4.78 is 0. The maximum atomic E-state index is 9.49. The maximum absolute atomic E-state index is 9.49. The summed E-state index contributed by atoms with van der Waals surface area (Å²) in [6.07, 6.45) is 1.96. The van der Waals surface area contributed by atoms with E-state index < -0.39 is 0 Å². The summed E-state index contributed by atoms with van der Waals surface area (Å²) in [7, 11) is 0. The van der Waals surface area contributed by atoms with Crippen LogP contribution in [0.15, 0.2) is 66.7 Å². The van der Waals surface area contributed by atoms with E-state index in [9.17, 15) is 5.26 Å². The van der Waals surface area contributed by atoms with Crippen molar-refractivity contribution in [3.8, 4) is 6.07 Å². The highest BCUT2D eigenvalue weighted by Gasteiger charge is 2.03. The van der Waals surface area contributed by atoms with Crippen molar-refractivity contribution in [1.82, 2.24) is 0 Å². The van der Waals surface area contributed by atoms with Crippen LogP contribution in [0.1, 0.15) is 16.7 Å². The van der Waals surface area contributed by atoms with E-state index in [4.69, 9.17) is 0 Å². The minimum atomic E-state index is 0.690. The Morgan fingerprint density at radius 1 is 0.905 bits per heavy atom. The lowest BCUT2D eigenvalue weighted by Gasteiger charge is -2.04. The van der Waals surface area contributed by atoms with Gasteiger partial charge in [0.25, 0.3) is 0 Å². The number of benzene rings is 3. The molecule has 0 heterocycles. The Morgan fingerprint density at radius 2 is 1.62 bits per heavy atom. The molecule has 3 rings (SSSR count). The lowest BCUT2D eigenvalue weighted by molar-refractivity contribution is 1.44. The lowest BCUT2D eigenvalue weighted by Crippen LogP contribution is -1.85. The van der Waals surface area contributed by atoms with Crippen molar-refractivity contribution in [1.29, 1.82) is 5.26 Å². The van der Waals surface area contributed by atoms with Crippen LogP contribution in [0.2, 0.25) is 0 Å². The molecule has 0 aliphatic rings. The van der Waals surface area contributed by atoms with Gasteiger partial charge in [-0.2, -0.15) is 5.26 Å². The highest BCUT2D eigenvalue weighted by Crippen LogP contribution is 2.23. The van der Waals surface area contributed by atoms with Crippen LogP contribution in [0, 0.1) is 18.3 Å². The second kappa shape index (κ2) is 5.64. The summed E-state index contributed by atoms with van der Waals surface area (Å²) in [6, 6.07) is 24.8. The van der Waals surface area contributed by atoms with E-state index in [1.807, 2.05) is 42.5 Å². The second-order valence-electron chi connectivity index (χ2n) is 5.09. The Bertz CT molecular complexity index is 866. The van der Waals surface area contributed by atoms with E-state index in [2.05, 4.69) is 43.3 Å². The van der Waals surface area contributed by atoms with E-state index in [1.54, 1.807) is 0 Å². The van der Waals surface area contributed by atoms with Crippen molar-refractivity contribution in [2.75, 3.05) is 0 Å². The van der Waals surface area contributed by atoms with Crippen molar-refractivity contribution >= 4 is 22.4 Å². The molecule has 0 atom stereocenters. The topological polar surface area (TPSA) is 23.8 Å². The van der Waals surface area contributed by atoms with Gasteiger partial charge in [0.2, 0.25) is 0 Å². The quantitative estimate of drug-likeness (QED) is 0.462. The summed E-state index contributed by atoms with van der Waals surface area (Å²) in [5.74, 6) is 0. The molecular weight excluding hydrogens is 254 g/mol. The Labute approximate surface area is 124 Å². The third-order valence-corrected chi connectivity index (χ3v) is 3.67. The molecule has 0 spiro atoms. The predicted octanol–water partition coefficient (Wildman–Crippen LogP) is 5.21. The first-order valence-corrected chi connectivity index (χ1v) is 6.94. The first-order valence-electron chi connectivity index (χ1n) is 6.94. The average Bonchev–Trinajstić information content (AvgIpc) is 2.54. The van der Waals surface area contributed by atoms with Gasteiger partial charge in [-0.1, -0.05) is 60.7 Å². The Balaban J connectivity index is 2.10. The van der Waals surface area contributed by atoms with E-state index in [0.29, 0.717) is 5.57 Å². The smallest absolute Gasteiger partial charge is 0.0998 e. The molecule has 0 unspecified atom stereocenters. The number of hydrogen-bond acceptors (Lipinski definition) is 1. The van der Waals surface area contributed by atoms with Crippen LogP contribution < -0.4 is 0 Å². The molecule has 100 valence electrons. The van der Waals surface area contributed by atoms with Crippen LogP contribution >= 0.6 is 0 Å². The molecule has 0 aromatic heterocycles. The maximum Gasteiger partial charge on any atom is 0.0998 e. The van der Waals surface area contributed by atoms with Gasteiger partial charge in [-0.05, 0) is 46.5 Å². The van der Waals surface area contributed by atoms with E-state index in [-0.39, 0.29) is 0 Å². The third-order valence-electron chi connectivity index (χ3n) is 3.67. The van der Waals surface area contributed by atoms with Gasteiger partial charge in [0.1, 0.15) is 0 Å². The molecule has 0 bridgehead atoms. The molecule has 1 nitrogen and oxygen atoms in total. The Kier molecular flexibility index (Phi) is 3.53. The standard InChI is InChI=1S/C20H15N/c1-15-6-2-3-8-17(15)12-20(14-21)19-11-10-16-7-4-5-9-18(16)13-19/h2-13H,1H3/b20-12+. The van der Waals surface area contributed by atoms with Crippen molar-refractivity contribution in [3.05, 3.63) is 83.4 Å². The molecule has 0 radical (unpaired) electrons. The number of aryl methyl sites for hydroxylation is 1. The van der Waals surface area contributed by atoms with Crippen LogP contribution in [0.4, 0.5) is 0 Å². The molecule has 21 heavy (non-hydrogen) atoms. The van der Waals surface area contributed by atoms with E-state index >= 15 is 0 Å². The largest absolute Gasteiger partial charge is 0.192 e. The molecule has 0 amide bonds. The third kappa shape index (κ3) is 2.70. The van der Waals surface area contributed by atoms with Gasteiger partial charge in [-0.25, -0.2) is 0 Å². The van der Waals surface area contributed by atoms with Gasteiger partial charge in [-0.15, -0.1) is 0 Å². The molecule has 0 aliphatic heterocycles. The minimum absolute atomic E-state index is 0.690. The van der Waals surface area contributed by atoms with Crippen LogP contribution in [0.3, 0.4) is 0 Å². The van der Waals surface area contributed by atoms with Crippen LogP contribution in [-0.4, -0.2) is 0 Å². The summed E-state index contributed by atoms with van der Waals surface area (Å²) in [5.41, 5.74) is 3.91. The Hall–Kier alpha value is -2.85. The predicted molar refractivity (Wildman–Crippen MR) is 88.6 cm³/mol. The fourth-order valence-electron chi connectivity index (χ4n) is 2.44. The lowest BCUT2D eigenvalue weighted by atomic mass is 9.99. The van der Waals surface area contributed by atoms with E-state index in [0.717, 1.165) is 16.5 Å². The number of hydrogen-bond donors (Lipinski definition) is 0. The van der Waals surface area contributed by atoms with Crippen molar-refractivity contribution in [3.63, 3.8) is 0 Å². The number of nitriles is 1. The fourth-order valence-corrected chi connectivity index (χ4v) is 2.44. The number of rotatable bonds is 2. The van der Waals surface area contributed by atoms with Gasteiger partial charge in [0.05, 0.1) is 11.6 Å². The van der Waals surface area contributed by atoms with Crippen molar-refractivity contribution in [2.24, 2.45) is 0 Å². The zero-order chi connectivity index (χ0) is 14.7. The highest BCUT2D eigenvalue weighted by atomic mass is 14.2. The fraction of sp³-hybridized carbons (Fsp3) is 0.0500. The molecule has 3 aromatic rings. The molecule has 0 saturated carbocycles. The van der Waals surface area contributed by atoms with Crippen LogP contribution in [0.5, 0.6) is 0 Å². The monoisotopic (exact) mass is 269 g/mol. The number of fused-ring (bicyclic) bond motifs is 1. The normalized spacial score (nSPS) is 11.3. The number of allylic oxidation sites excluding steroid dienone is 1. The van der Waals surface area contributed by atoms with Gasteiger partial charge in [-0.3, -0.25) is 0 Å². The van der Waals surface area contributed by atoms with Crippen molar-refractivity contribution in [2.45, 2.75) is 6.92 Å². The second-order valence-corrected chi connectivity index (χ2v) is 5.09. The Morgan fingerprint density at radius 3 is 2.38 bits per heavy atom. The molecule has 1 heteroatoms. The summed E-state index contributed by atoms with van der Waals surface area (Å²) in [5, 5.41) is 11.8. The van der Waals surface area contributed by atoms with E-state index in [1.165, 1.54) is 10.9 Å². The summed E-state index contributed by atoms with van der Waals surface area (Å²) >= 11 is 0. The molecular formula is C20H15N. The molecule has 0 fully saturated rings. The van der Waals surface area contributed by atoms with Crippen LogP contribution in [0.25, 0.3) is 22.4 Å².